The van der Waals surface area contributed by atoms with E-state index in [0.29, 0.717) is 17.3 Å². The lowest BCUT2D eigenvalue weighted by atomic mass is 10.6. The molecule has 0 saturated carbocycles. The van der Waals surface area contributed by atoms with E-state index in [9.17, 15) is 13.2 Å². The Hall–Kier alpha value is -1.16. The Morgan fingerprint density at radius 1 is 1.53 bits per heavy atom. The van der Waals surface area contributed by atoms with E-state index in [1.165, 1.54) is 18.0 Å². The van der Waals surface area contributed by atoms with Gasteiger partial charge in [-0.1, -0.05) is 11.8 Å². The van der Waals surface area contributed by atoms with Crippen molar-refractivity contribution in [2.75, 3.05) is 17.8 Å². The quantitative estimate of drug-likeness (QED) is 0.514. The lowest BCUT2D eigenvalue weighted by Gasteiger charge is -2.00. The minimum absolute atomic E-state index is 0.0977. The maximum atomic E-state index is 10.9. The Bertz CT molecular complexity index is 484. The second-order valence-electron chi connectivity index (χ2n) is 3.34. The average Bonchev–Trinajstić information content (AvgIpc) is 2.58. The van der Waals surface area contributed by atoms with Gasteiger partial charge in [-0.3, -0.25) is 4.79 Å². The zero-order chi connectivity index (χ0) is 12.9. The van der Waals surface area contributed by atoms with E-state index < -0.39 is 15.8 Å². The first-order valence-electron chi connectivity index (χ1n) is 4.67. The van der Waals surface area contributed by atoms with E-state index in [2.05, 4.69) is 15.5 Å². The van der Waals surface area contributed by atoms with Gasteiger partial charge in [0.1, 0.15) is 16.4 Å². The van der Waals surface area contributed by atoms with E-state index in [-0.39, 0.29) is 12.3 Å². The smallest absolute Gasteiger partial charge is 0.325 e. The number of aromatic nitrogens is 4. The zero-order valence-electron chi connectivity index (χ0n) is 9.11. The molecule has 0 bridgehead atoms. The van der Waals surface area contributed by atoms with Gasteiger partial charge < -0.3 is 5.11 Å². The summed E-state index contributed by atoms with van der Waals surface area (Å²) >= 11 is 1.24. The minimum atomic E-state index is -2.96. The molecule has 8 nitrogen and oxygen atoms in total. The molecule has 0 atom stereocenters. The number of carbonyl (C=O) groups is 1. The summed E-state index contributed by atoms with van der Waals surface area (Å²) in [6, 6.07) is 0. The largest absolute Gasteiger partial charge is 0.480 e. The van der Waals surface area contributed by atoms with Crippen LogP contribution in [0.1, 0.15) is 6.42 Å². The van der Waals surface area contributed by atoms with Crippen LogP contribution in [-0.4, -0.2) is 57.5 Å². The predicted octanol–water partition coefficient (Wildman–Crippen LogP) is -0.715. The van der Waals surface area contributed by atoms with Crippen molar-refractivity contribution in [3.8, 4) is 0 Å². The van der Waals surface area contributed by atoms with Crippen molar-refractivity contribution in [2.24, 2.45) is 0 Å². The summed E-state index contributed by atoms with van der Waals surface area (Å²) in [6.45, 7) is -0.304. The minimum Gasteiger partial charge on any atom is -0.480 e. The molecule has 1 N–H and O–H groups in total. The third-order valence-electron chi connectivity index (χ3n) is 1.67. The van der Waals surface area contributed by atoms with Crippen molar-refractivity contribution in [2.45, 2.75) is 18.1 Å². The Kier molecular flexibility index (Phi) is 4.87. The summed E-state index contributed by atoms with van der Waals surface area (Å²) < 4.78 is 22.9. The number of rotatable bonds is 7. The maximum Gasteiger partial charge on any atom is 0.325 e. The molecular weight excluding hydrogens is 268 g/mol. The van der Waals surface area contributed by atoms with Crippen LogP contribution in [0.4, 0.5) is 0 Å². The van der Waals surface area contributed by atoms with E-state index >= 15 is 0 Å². The van der Waals surface area contributed by atoms with Crippen molar-refractivity contribution >= 4 is 27.6 Å². The van der Waals surface area contributed by atoms with Crippen molar-refractivity contribution < 1.29 is 18.3 Å². The molecule has 10 heteroatoms. The second-order valence-corrected chi connectivity index (χ2v) is 6.67. The fraction of sp³-hybridized carbons (Fsp3) is 0.714. The monoisotopic (exact) mass is 280 g/mol. The van der Waals surface area contributed by atoms with Gasteiger partial charge in [-0.05, 0) is 16.8 Å². The van der Waals surface area contributed by atoms with Crippen molar-refractivity contribution in [1.82, 2.24) is 20.2 Å². The van der Waals surface area contributed by atoms with Gasteiger partial charge in [0.25, 0.3) is 0 Å². The van der Waals surface area contributed by atoms with Crippen LogP contribution in [-0.2, 0) is 21.2 Å². The van der Waals surface area contributed by atoms with Gasteiger partial charge in [-0.25, -0.2) is 13.1 Å². The standard InChI is InChI=1S/C7H12N4O4S2/c1-17(14,15)4-2-3-16-7-8-9-10-11(7)5-6(12)13/h2-5H2,1H3,(H,12,13). The number of thioether (sulfide) groups is 1. The van der Waals surface area contributed by atoms with E-state index in [4.69, 9.17) is 5.11 Å². The van der Waals surface area contributed by atoms with Crippen LogP contribution in [0.2, 0.25) is 0 Å². The van der Waals surface area contributed by atoms with Gasteiger partial charge >= 0.3 is 5.97 Å². The van der Waals surface area contributed by atoms with Crippen LogP contribution in [0, 0.1) is 0 Å². The second kappa shape index (κ2) is 5.96. The summed E-state index contributed by atoms with van der Waals surface area (Å²) in [4.78, 5) is 10.5. The molecule has 0 radical (unpaired) electrons. The first kappa shape index (κ1) is 13.9. The summed E-state index contributed by atoms with van der Waals surface area (Å²) in [5.74, 6) is -0.414. The first-order valence-corrected chi connectivity index (χ1v) is 7.71. The average molecular weight is 280 g/mol. The number of hydrogen-bond acceptors (Lipinski definition) is 7. The molecule has 0 aliphatic rings. The van der Waals surface area contributed by atoms with Crippen LogP contribution in [0.3, 0.4) is 0 Å². The lowest BCUT2D eigenvalue weighted by Crippen LogP contribution is -2.11. The van der Waals surface area contributed by atoms with E-state index in [0.717, 1.165) is 4.68 Å². The molecule has 1 rings (SSSR count). The van der Waals surface area contributed by atoms with Crippen LogP contribution in [0.25, 0.3) is 0 Å². The molecule has 17 heavy (non-hydrogen) atoms. The number of tetrazole rings is 1. The molecule has 0 saturated heterocycles. The topological polar surface area (TPSA) is 115 Å². The first-order chi connectivity index (χ1) is 7.88. The summed E-state index contributed by atoms with van der Waals surface area (Å²) in [5.41, 5.74) is 0. The van der Waals surface area contributed by atoms with Crippen LogP contribution >= 0.6 is 11.8 Å². The Balaban J connectivity index is 2.41. The molecule has 0 amide bonds. The molecule has 0 aromatic carbocycles. The van der Waals surface area contributed by atoms with E-state index in [1.807, 2.05) is 0 Å². The maximum absolute atomic E-state index is 10.9. The van der Waals surface area contributed by atoms with Crippen LogP contribution < -0.4 is 0 Å². The number of carboxylic acid groups (broad SMARTS) is 1. The zero-order valence-corrected chi connectivity index (χ0v) is 10.7. The fourth-order valence-corrected chi connectivity index (χ4v) is 2.68. The van der Waals surface area contributed by atoms with Crippen LogP contribution in [0.15, 0.2) is 5.16 Å². The molecule has 0 unspecified atom stereocenters. The van der Waals surface area contributed by atoms with Gasteiger partial charge in [0.15, 0.2) is 0 Å². The summed E-state index contributed by atoms with van der Waals surface area (Å²) in [7, 11) is -2.96. The normalized spacial score (nSPS) is 11.6. The highest BCUT2D eigenvalue weighted by Gasteiger charge is 2.10. The highest BCUT2D eigenvalue weighted by atomic mass is 32.2. The molecule has 1 aromatic rings. The lowest BCUT2D eigenvalue weighted by molar-refractivity contribution is -0.138. The van der Waals surface area contributed by atoms with Crippen molar-refractivity contribution in [1.29, 1.82) is 0 Å². The van der Waals surface area contributed by atoms with Gasteiger partial charge in [-0.15, -0.1) is 5.10 Å². The Morgan fingerprint density at radius 2 is 2.24 bits per heavy atom. The van der Waals surface area contributed by atoms with Gasteiger partial charge in [0.05, 0.1) is 5.75 Å². The molecule has 0 fully saturated rings. The molecule has 96 valence electrons. The molecule has 0 spiro atoms. The SMILES string of the molecule is CS(=O)(=O)CCCSc1nnnn1CC(=O)O. The van der Waals surface area contributed by atoms with Crippen molar-refractivity contribution in [3.05, 3.63) is 0 Å². The molecule has 0 aliphatic carbocycles. The number of aliphatic carboxylic acids is 1. The van der Waals surface area contributed by atoms with E-state index in [1.54, 1.807) is 0 Å². The number of sulfone groups is 1. The van der Waals surface area contributed by atoms with Gasteiger partial charge in [0, 0.05) is 12.0 Å². The number of nitrogens with zero attached hydrogens (tertiary/aromatic N) is 4. The van der Waals surface area contributed by atoms with Crippen molar-refractivity contribution in [3.63, 3.8) is 0 Å². The Morgan fingerprint density at radius 3 is 2.82 bits per heavy atom. The fourth-order valence-electron chi connectivity index (χ4n) is 1.01. The third-order valence-corrected chi connectivity index (χ3v) is 3.75. The van der Waals surface area contributed by atoms with Crippen LogP contribution in [0.5, 0.6) is 0 Å². The number of hydrogen-bond donors (Lipinski definition) is 1. The van der Waals surface area contributed by atoms with Gasteiger partial charge in [0.2, 0.25) is 5.16 Å². The van der Waals surface area contributed by atoms with Gasteiger partial charge in [-0.2, -0.15) is 0 Å². The highest BCUT2D eigenvalue weighted by Crippen LogP contribution is 2.14. The molecular formula is C7H12N4O4S2. The number of carboxylic acids is 1. The molecule has 1 aromatic heterocycles. The highest BCUT2D eigenvalue weighted by molar-refractivity contribution is 7.99. The predicted molar refractivity (Wildman–Crippen MR) is 60.5 cm³/mol. The third kappa shape index (κ3) is 5.63. The summed E-state index contributed by atoms with van der Waals surface area (Å²) in [5, 5.41) is 19.5. The Labute approximate surface area is 102 Å². The summed E-state index contributed by atoms with van der Waals surface area (Å²) in [6.07, 6.45) is 1.65. The molecule has 0 aliphatic heterocycles. The molecule has 1 heterocycles.